The largest absolute Gasteiger partial charge is 0.466 e. The van der Waals surface area contributed by atoms with Gasteiger partial charge in [0.2, 0.25) is 0 Å². The number of thioether (sulfide) groups is 1. The highest BCUT2D eigenvalue weighted by Gasteiger charge is 2.44. The highest BCUT2D eigenvalue weighted by Crippen LogP contribution is 2.30. The molecule has 5 atom stereocenters. The normalized spacial score (nSPS) is 32.6. The summed E-state index contributed by atoms with van der Waals surface area (Å²) >= 11 is 0.727. The van der Waals surface area contributed by atoms with Crippen molar-refractivity contribution in [2.75, 3.05) is 6.61 Å². The van der Waals surface area contributed by atoms with Gasteiger partial charge < -0.3 is 25.2 Å². The van der Waals surface area contributed by atoms with E-state index in [9.17, 15) is 23.7 Å². The summed E-state index contributed by atoms with van der Waals surface area (Å²) in [5, 5.41) is 41.7. The van der Waals surface area contributed by atoms with Crippen LogP contribution in [0.4, 0.5) is 0 Å². The van der Waals surface area contributed by atoms with Gasteiger partial charge in [-0.1, -0.05) is 23.0 Å². The lowest BCUT2D eigenvalue weighted by molar-refractivity contribution is -0.205. The van der Waals surface area contributed by atoms with Gasteiger partial charge in [0.15, 0.2) is 0 Å². The first kappa shape index (κ1) is 20.3. The molecule has 1 rings (SSSR count). The van der Waals surface area contributed by atoms with Crippen LogP contribution in [0.2, 0.25) is 0 Å². The molecule has 1 saturated heterocycles. The van der Waals surface area contributed by atoms with Crippen LogP contribution < -0.4 is 0 Å². The van der Waals surface area contributed by atoms with Gasteiger partial charge in [-0.3, -0.25) is 4.55 Å². The highest BCUT2D eigenvalue weighted by molar-refractivity contribution is 8.14. The van der Waals surface area contributed by atoms with Crippen molar-refractivity contribution >= 4 is 27.2 Å². The summed E-state index contributed by atoms with van der Waals surface area (Å²) in [6, 6.07) is 0. The molecular weight excluding hydrogens is 354 g/mol. The Balaban J connectivity index is 2.86. The summed E-state index contributed by atoms with van der Waals surface area (Å²) in [6.07, 6.45) is -3.62. The molecule has 0 saturated carbocycles. The Morgan fingerprint density at radius 2 is 1.96 bits per heavy atom. The van der Waals surface area contributed by atoms with Crippen molar-refractivity contribution in [3.63, 3.8) is 0 Å². The van der Waals surface area contributed by atoms with Crippen LogP contribution in [0, 0.1) is 0 Å². The van der Waals surface area contributed by atoms with Crippen molar-refractivity contribution in [2.24, 2.45) is 5.16 Å². The van der Waals surface area contributed by atoms with Gasteiger partial charge in [-0.2, -0.15) is 8.42 Å². The number of oxime groups is 1. The predicted octanol–water partition coefficient (Wildman–Crippen LogP) is -1.38. The molecule has 1 heterocycles. The zero-order chi connectivity index (χ0) is 17.6. The van der Waals surface area contributed by atoms with Crippen LogP contribution in [0.5, 0.6) is 0 Å². The van der Waals surface area contributed by atoms with Gasteiger partial charge in [-0.15, -0.1) is 6.58 Å². The van der Waals surface area contributed by atoms with E-state index in [1.165, 1.54) is 6.08 Å². The first-order valence-corrected chi connectivity index (χ1v) is 8.75. The fraction of sp³-hybridized carbons (Fsp3) is 0.727. The van der Waals surface area contributed by atoms with Gasteiger partial charge in [0.1, 0.15) is 34.9 Å². The third-order valence-electron chi connectivity index (χ3n) is 2.90. The molecule has 12 heteroatoms. The predicted molar refractivity (Wildman–Crippen MR) is 80.9 cm³/mol. The number of rotatable bonds is 7. The van der Waals surface area contributed by atoms with E-state index in [-0.39, 0.29) is 11.5 Å². The van der Waals surface area contributed by atoms with E-state index in [0.29, 0.717) is 6.42 Å². The second-order valence-corrected chi connectivity index (χ2v) is 6.81. The van der Waals surface area contributed by atoms with Gasteiger partial charge >= 0.3 is 10.4 Å². The average Bonchev–Trinajstić information content (AvgIpc) is 2.49. The second kappa shape index (κ2) is 8.94. The number of ether oxygens (including phenoxy) is 1. The fourth-order valence-corrected chi connectivity index (χ4v) is 3.05. The molecular formula is C11H19NO9S2. The number of hydrogen-bond acceptors (Lipinski definition) is 10. The first-order chi connectivity index (χ1) is 10.7. The van der Waals surface area contributed by atoms with Crippen LogP contribution in [-0.4, -0.2) is 74.9 Å². The van der Waals surface area contributed by atoms with Crippen molar-refractivity contribution in [3.8, 4) is 0 Å². The molecule has 0 bridgehead atoms. The molecule has 1 aliphatic rings. The third kappa shape index (κ3) is 6.35. The van der Waals surface area contributed by atoms with Gasteiger partial charge in [0.05, 0.1) is 6.61 Å². The van der Waals surface area contributed by atoms with E-state index in [1.54, 1.807) is 0 Å². The van der Waals surface area contributed by atoms with E-state index >= 15 is 0 Å². The SMILES string of the molecule is C=CCC/C(=N/OS(=O)(=O)O)S[C@@H]1O[C@H](CO)[C@@H](O)[C@H](O)[C@H]1O. The standard InChI is InChI=1S/C11H19NO9S2/c1-2-3-4-7(12-21-23(17,18)19)22-11-10(16)9(15)8(14)6(5-13)20-11/h2,6,8-11,13-16H,1,3-5H2,(H,17,18,19)/b12-7-/t6-,8-,9+,10-,11+/m1/s1. The summed E-state index contributed by atoms with van der Waals surface area (Å²) in [5.74, 6) is 0. The maximum atomic E-state index is 10.6. The zero-order valence-corrected chi connectivity index (χ0v) is 13.6. The summed E-state index contributed by atoms with van der Waals surface area (Å²) in [5.41, 5.74) is -1.14. The Bertz CT molecular complexity index is 522. The molecule has 0 aromatic rings. The zero-order valence-electron chi connectivity index (χ0n) is 11.9. The highest BCUT2D eigenvalue weighted by atomic mass is 32.3. The van der Waals surface area contributed by atoms with Crippen molar-refractivity contribution in [1.82, 2.24) is 0 Å². The molecule has 10 nitrogen and oxygen atoms in total. The van der Waals surface area contributed by atoms with E-state index in [0.717, 1.165) is 11.8 Å². The van der Waals surface area contributed by atoms with Crippen LogP contribution in [-0.2, 0) is 19.4 Å². The Morgan fingerprint density at radius 3 is 2.48 bits per heavy atom. The van der Waals surface area contributed by atoms with Crippen molar-refractivity contribution in [2.45, 2.75) is 42.7 Å². The van der Waals surface area contributed by atoms with Crippen LogP contribution >= 0.6 is 11.8 Å². The van der Waals surface area contributed by atoms with E-state index < -0.39 is 46.9 Å². The molecule has 1 aliphatic heterocycles. The Morgan fingerprint density at radius 1 is 1.30 bits per heavy atom. The van der Waals surface area contributed by atoms with Crippen LogP contribution in [0.1, 0.15) is 12.8 Å². The van der Waals surface area contributed by atoms with E-state index in [2.05, 4.69) is 16.0 Å². The lowest BCUT2D eigenvalue weighted by Gasteiger charge is -2.39. The van der Waals surface area contributed by atoms with Gasteiger partial charge in [0.25, 0.3) is 0 Å². The molecule has 0 aliphatic carbocycles. The van der Waals surface area contributed by atoms with Crippen LogP contribution in [0.25, 0.3) is 0 Å². The van der Waals surface area contributed by atoms with E-state index in [4.69, 9.17) is 14.4 Å². The molecule has 0 aromatic heterocycles. The monoisotopic (exact) mass is 373 g/mol. The lowest BCUT2D eigenvalue weighted by atomic mass is 10.0. The third-order valence-corrected chi connectivity index (χ3v) is 4.33. The smallest absolute Gasteiger partial charge is 0.394 e. The maximum absolute atomic E-state index is 10.6. The summed E-state index contributed by atoms with van der Waals surface area (Å²) < 4.78 is 38.9. The fourth-order valence-electron chi connectivity index (χ4n) is 1.74. The molecule has 0 unspecified atom stereocenters. The molecule has 0 amide bonds. The molecule has 5 N–H and O–H groups in total. The molecule has 0 aromatic carbocycles. The molecule has 0 radical (unpaired) electrons. The van der Waals surface area contributed by atoms with E-state index in [1.807, 2.05) is 0 Å². The number of aliphatic hydroxyl groups excluding tert-OH is 4. The quantitative estimate of drug-likeness (QED) is 0.118. The van der Waals surface area contributed by atoms with Crippen LogP contribution in [0.15, 0.2) is 17.8 Å². The molecule has 23 heavy (non-hydrogen) atoms. The molecule has 1 fully saturated rings. The van der Waals surface area contributed by atoms with Crippen LogP contribution in [0.3, 0.4) is 0 Å². The Hall–Kier alpha value is -0.730. The average molecular weight is 373 g/mol. The topological polar surface area (TPSA) is 166 Å². The number of hydrogen-bond donors (Lipinski definition) is 5. The molecule has 0 spiro atoms. The minimum absolute atomic E-state index is 0.0341. The first-order valence-electron chi connectivity index (χ1n) is 6.50. The number of aliphatic hydroxyl groups is 4. The van der Waals surface area contributed by atoms with Crippen molar-refractivity contribution < 1.29 is 42.4 Å². The maximum Gasteiger partial charge on any atom is 0.466 e. The van der Waals surface area contributed by atoms with Gasteiger partial charge in [0, 0.05) is 6.42 Å². The Labute approximate surface area is 137 Å². The minimum atomic E-state index is -4.79. The minimum Gasteiger partial charge on any atom is -0.394 e. The number of nitrogens with zero attached hydrogens (tertiary/aromatic N) is 1. The second-order valence-electron chi connectivity index (χ2n) is 4.63. The van der Waals surface area contributed by atoms with Gasteiger partial charge in [-0.25, -0.2) is 4.28 Å². The lowest BCUT2D eigenvalue weighted by Crippen LogP contribution is -2.57. The van der Waals surface area contributed by atoms with Crippen molar-refractivity contribution in [1.29, 1.82) is 0 Å². The Kier molecular flexibility index (Phi) is 7.89. The molecule has 134 valence electrons. The number of allylic oxidation sites excluding steroid dienone is 1. The summed E-state index contributed by atoms with van der Waals surface area (Å²) in [4.78, 5) is 0. The summed E-state index contributed by atoms with van der Waals surface area (Å²) in [7, 11) is -4.79. The van der Waals surface area contributed by atoms with Gasteiger partial charge in [-0.05, 0) is 6.42 Å². The van der Waals surface area contributed by atoms with Crippen molar-refractivity contribution in [3.05, 3.63) is 12.7 Å². The summed E-state index contributed by atoms with van der Waals surface area (Å²) in [6.45, 7) is 2.90.